The SMILES string of the molecule is C[N@+]1(CC2CC2)CC[C@@]2(c3cccc(O)c3)C[C@H](NC(=O)CCCCCc3ccccc3)CCC2(O)C1. The maximum atomic E-state index is 12.9. The number of hydrogen-bond acceptors (Lipinski definition) is 3. The average molecular weight is 506 g/mol. The number of piperidine rings is 1. The molecule has 1 unspecified atom stereocenters. The third kappa shape index (κ3) is 6.04. The Morgan fingerprint density at radius 3 is 2.59 bits per heavy atom. The highest BCUT2D eigenvalue weighted by molar-refractivity contribution is 5.76. The Kier molecular flexibility index (Phi) is 7.65. The number of unbranched alkanes of at least 4 members (excludes halogenated alkanes) is 2. The smallest absolute Gasteiger partial charge is 0.220 e. The van der Waals surface area contributed by atoms with E-state index in [1.165, 1.54) is 18.4 Å². The van der Waals surface area contributed by atoms with Crippen LogP contribution < -0.4 is 5.32 Å². The fourth-order valence-electron chi connectivity index (χ4n) is 7.37. The van der Waals surface area contributed by atoms with Crippen molar-refractivity contribution in [3.05, 3.63) is 65.7 Å². The number of likely N-dealkylation sites (N-methyl/N-ethyl adjacent to an activating group) is 1. The van der Waals surface area contributed by atoms with Gasteiger partial charge in [-0.1, -0.05) is 48.9 Å². The number of phenols is 1. The highest BCUT2D eigenvalue weighted by Gasteiger charge is 2.61. The number of carbonyl (C=O) groups is 1. The second-order valence-corrected chi connectivity index (χ2v) is 12.6. The Hall–Kier alpha value is -2.37. The first kappa shape index (κ1) is 26.2. The van der Waals surface area contributed by atoms with Crippen LogP contribution >= 0.6 is 0 Å². The molecule has 4 atom stereocenters. The maximum Gasteiger partial charge on any atom is 0.220 e. The van der Waals surface area contributed by atoms with E-state index >= 15 is 0 Å². The predicted molar refractivity (Wildman–Crippen MR) is 147 cm³/mol. The van der Waals surface area contributed by atoms with E-state index in [2.05, 4.69) is 42.7 Å². The maximum absolute atomic E-state index is 12.9. The van der Waals surface area contributed by atoms with E-state index in [9.17, 15) is 15.0 Å². The Labute approximate surface area is 222 Å². The van der Waals surface area contributed by atoms with Crippen LogP contribution in [0.15, 0.2) is 54.6 Å². The minimum Gasteiger partial charge on any atom is -0.508 e. The number of likely N-dealkylation sites (tertiary alicyclic amines) is 1. The van der Waals surface area contributed by atoms with Crippen LogP contribution in [0.5, 0.6) is 5.75 Å². The topological polar surface area (TPSA) is 69.6 Å². The van der Waals surface area contributed by atoms with Crippen LogP contribution in [0.4, 0.5) is 0 Å². The lowest BCUT2D eigenvalue weighted by Gasteiger charge is -2.59. The quantitative estimate of drug-likeness (QED) is 0.311. The van der Waals surface area contributed by atoms with Crippen molar-refractivity contribution in [2.75, 3.05) is 26.7 Å². The fourth-order valence-corrected chi connectivity index (χ4v) is 7.37. The zero-order valence-electron chi connectivity index (χ0n) is 22.5. The second kappa shape index (κ2) is 10.8. The number of carbonyl (C=O) groups excluding carboxylic acids is 1. The lowest BCUT2D eigenvalue weighted by Crippen LogP contribution is -2.71. The minimum atomic E-state index is -0.832. The van der Waals surface area contributed by atoms with Crippen molar-refractivity contribution in [2.45, 2.75) is 87.7 Å². The van der Waals surface area contributed by atoms with E-state index in [1.807, 2.05) is 18.2 Å². The summed E-state index contributed by atoms with van der Waals surface area (Å²) >= 11 is 0. The molecule has 2 aliphatic carbocycles. The van der Waals surface area contributed by atoms with Gasteiger partial charge in [0.15, 0.2) is 0 Å². The summed E-state index contributed by atoms with van der Waals surface area (Å²) in [6, 6.07) is 18.1. The number of aliphatic hydroxyl groups is 1. The molecule has 3 N–H and O–H groups in total. The number of aromatic hydroxyl groups is 1. The molecular weight excluding hydrogens is 460 g/mol. The second-order valence-electron chi connectivity index (χ2n) is 12.6. The first-order valence-corrected chi connectivity index (χ1v) is 14.5. The molecule has 200 valence electrons. The molecule has 0 bridgehead atoms. The lowest BCUT2D eigenvalue weighted by atomic mass is 9.55. The molecule has 0 spiro atoms. The van der Waals surface area contributed by atoms with Crippen LogP contribution in [0.3, 0.4) is 0 Å². The summed E-state index contributed by atoms with van der Waals surface area (Å²) in [6.07, 6.45) is 10.4. The summed E-state index contributed by atoms with van der Waals surface area (Å²) in [4.78, 5) is 12.9. The Morgan fingerprint density at radius 1 is 1.03 bits per heavy atom. The van der Waals surface area contributed by atoms with Gasteiger partial charge in [0.1, 0.15) is 17.9 Å². The summed E-state index contributed by atoms with van der Waals surface area (Å²) in [6.45, 7) is 2.93. The number of rotatable bonds is 10. The molecule has 5 rings (SSSR count). The fraction of sp³-hybridized carbons (Fsp3) is 0.594. The van der Waals surface area contributed by atoms with E-state index in [-0.39, 0.29) is 17.7 Å². The van der Waals surface area contributed by atoms with Crippen molar-refractivity contribution >= 4 is 5.91 Å². The molecule has 1 amide bonds. The highest BCUT2D eigenvalue weighted by Crippen LogP contribution is 2.53. The Balaban J connectivity index is 1.21. The number of fused-ring (bicyclic) bond motifs is 1. The molecular formula is C32H45N2O3+. The number of aryl methyl sites for hydroxylation is 1. The van der Waals surface area contributed by atoms with E-state index in [1.54, 1.807) is 6.07 Å². The molecule has 3 aliphatic rings. The molecule has 1 saturated heterocycles. The van der Waals surface area contributed by atoms with Gasteiger partial charge in [-0.25, -0.2) is 0 Å². The van der Waals surface area contributed by atoms with Crippen molar-refractivity contribution in [1.82, 2.24) is 5.32 Å². The number of phenolic OH excluding ortho intramolecular Hbond substituents is 1. The zero-order valence-corrected chi connectivity index (χ0v) is 22.5. The van der Waals surface area contributed by atoms with Crippen molar-refractivity contribution in [1.29, 1.82) is 0 Å². The largest absolute Gasteiger partial charge is 0.508 e. The van der Waals surface area contributed by atoms with Gasteiger partial charge in [-0.05, 0) is 74.6 Å². The van der Waals surface area contributed by atoms with Crippen molar-refractivity contribution in [3.8, 4) is 5.75 Å². The molecule has 2 aromatic carbocycles. The van der Waals surface area contributed by atoms with Crippen molar-refractivity contribution in [3.63, 3.8) is 0 Å². The molecule has 2 saturated carbocycles. The van der Waals surface area contributed by atoms with Crippen molar-refractivity contribution < 1.29 is 19.5 Å². The van der Waals surface area contributed by atoms with E-state index in [0.29, 0.717) is 12.8 Å². The lowest BCUT2D eigenvalue weighted by molar-refractivity contribution is -0.925. The normalized spacial score (nSPS) is 31.5. The molecule has 5 heteroatoms. The Morgan fingerprint density at radius 2 is 1.84 bits per heavy atom. The van der Waals surface area contributed by atoms with Crippen LogP contribution in [0.1, 0.15) is 75.3 Å². The van der Waals surface area contributed by atoms with E-state index < -0.39 is 11.0 Å². The summed E-state index contributed by atoms with van der Waals surface area (Å²) in [5.74, 6) is 1.19. The predicted octanol–water partition coefficient (Wildman–Crippen LogP) is 5.09. The Bertz CT molecular complexity index is 1070. The third-order valence-corrected chi connectivity index (χ3v) is 9.49. The summed E-state index contributed by atoms with van der Waals surface area (Å²) in [7, 11) is 2.31. The molecule has 1 heterocycles. The third-order valence-electron chi connectivity index (χ3n) is 9.49. The monoisotopic (exact) mass is 505 g/mol. The van der Waals surface area contributed by atoms with Crippen LogP contribution in [0.25, 0.3) is 0 Å². The van der Waals surface area contributed by atoms with Crippen LogP contribution in [-0.4, -0.2) is 58.9 Å². The van der Waals surface area contributed by atoms with Crippen LogP contribution in [0.2, 0.25) is 0 Å². The van der Waals surface area contributed by atoms with Crippen LogP contribution in [-0.2, 0) is 16.6 Å². The molecule has 2 aromatic rings. The summed E-state index contributed by atoms with van der Waals surface area (Å²) in [5, 5.41) is 25.9. The number of quaternary nitrogens is 1. The molecule has 5 nitrogen and oxygen atoms in total. The molecule has 3 fully saturated rings. The average Bonchev–Trinajstić information content (AvgIpc) is 3.68. The van der Waals surface area contributed by atoms with Crippen molar-refractivity contribution in [2.24, 2.45) is 5.92 Å². The van der Waals surface area contributed by atoms with Gasteiger partial charge >= 0.3 is 0 Å². The van der Waals surface area contributed by atoms with Crippen LogP contribution in [0, 0.1) is 5.92 Å². The highest BCUT2D eigenvalue weighted by atomic mass is 16.3. The van der Waals surface area contributed by atoms with E-state index in [0.717, 1.165) is 80.5 Å². The van der Waals surface area contributed by atoms with E-state index in [4.69, 9.17) is 0 Å². The van der Waals surface area contributed by atoms with Gasteiger partial charge in [-0.3, -0.25) is 4.79 Å². The number of nitrogens with zero attached hydrogens (tertiary/aromatic N) is 1. The van der Waals surface area contributed by atoms with Gasteiger partial charge in [0.2, 0.25) is 5.91 Å². The van der Waals surface area contributed by atoms with Gasteiger partial charge in [0, 0.05) is 30.2 Å². The van der Waals surface area contributed by atoms with Gasteiger partial charge in [0.25, 0.3) is 0 Å². The number of nitrogens with one attached hydrogen (secondary N) is 1. The van der Waals surface area contributed by atoms with Gasteiger partial charge < -0.3 is 20.0 Å². The molecule has 37 heavy (non-hydrogen) atoms. The number of benzene rings is 2. The van der Waals surface area contributed by atoms with Gasteiger partial charge in [-0.15, -0.1) is 0 Å². The zero-order chi connectivity index (χ0) is 25.9. The molecule has 1 aliphatic heterocycles. The number of hydrogen-bond donors (Lipinski definition) is 3. The standard InChI is InChI=1S/C32H44N2O3/c1-34(23-26-15-16-26)20-19-31(27-12-8-13-29(35)21-27)22-28(17-18-32(31,37)24-34)33-30(36)14-7-3-6-11-25-9-4-2-5-10-25/h2,4-5,8-10,12-13,21,26,28,37H,3,6-7,11,14-20,22-24H2,1H3,(H-,33,35,36)/p+1/t28-,31+,32?,34-/m1/s1. The minimum absolute atomic E-state index is 0.0553. The van der Waals surface area contributed by atoms with Gasteiger partial charge in [-0.2, -0.15) is 0 Å². The van der Waals surface area contributed by atoms with Gasteiger partial charge in [0.05, 0.1) is 20.1 Å². The molecule has 0 aromatic heterocycles. The summed E-state index contributed by atoms with van der Waals surface area (Å²) < 4.78 is 0.932. The molecule has 0 radical (unpaired) electrons. The first-order chi connectivity index (χ1) is 17.8. The first-order valence-electron chi connectivity index (χ1n) is 14.5. The number of amides is 1. The summed E-state index contributed by atoms with van der Waals surface area (Å²) in [5.41, 5.74) is 1.10.